The summed E-state index contributed by atoms with van der Waals surface area (Å²) in [4.78, 5) is 13.1. The van der Waals surface area contributed by atoms with Gasteiger partial charge < -0.3 is 5.32 Å². The standard InChI is InChI=1S/C18H22N2O3S2/c1-2-14-8-4-5-9-15(14)19-18(21)17-16(10-13-24-17)25(22,23)20-11-6-3-7-12-20/h4-5,8-10,13H,2-3,6-7,11-12H2,1H3,(H,19,21). The molecule has 0 unspecified atom stereocenters. The molecule has 5 nitrogen and oxygen atoms in total. The molecule has 1 saturated heterocycles. The summed E-state index contributed by atoms with van der Waals surface area (Å²) in [5.41, 5.74) is 1.75. The smallest absolute Gasteiger partial charge is 0.267 e. The molecule has 2 heterocycles. The van der Waals surface area contributed by atoms with Crippen molar-refractivity contribution in [1.82, 2.24) is 4.31 Å². The Morgan fingerprint density at radius 2 is 1.88 bits per heavy atom. The Morgan fingerprint density at radius 3 is 2.60 bits per heavy atom. The number of para-hydroxylation sites is 1. The highest BCUT2D eigenvalue weighted by molar-refractivity contribution is 7.89. The van der Waals surface area contributed by atoms with Crippen molar-refractivity contribution in [2.45, 2.75) is 37.5 Å². The van der Waals surface area contributed by atoms with Gasteiger partial charge in [0, 0.05) is 18.8 Å². The maximum atomic E-state index is 12.9. The van der Waals surface area contributed by atoms with Crippen molar-refractivity contribution in [1.29, 1.82) is 0 Å². The quantitative estimate of drug-likeness (QED) is 0.862. The van der Waals surface area contributed by atoms with Gasteiger partial charge in [-0.05, 0) is 42.3 Å². The van der Waals surface area contributed by atoms with Crippen LogP contribution in [0.25, 0.3) is 0 Å². The average molecular weight is 379 g/mol. The summed E-state index contributed by atoms with van der Waals surface area (Å²) in [5.74, 6) is -0.369. The fourth-order valence-corrected chi connectivity index (χ4v) is 5.85. The number of hydrogen-bond donors (Lipinski definition) is 1. The van der Waals surface area contributed by atoms with Crippen molar-refractivity contribution < 1.29 is 13.2 Å². The minimum Gasteiger partial charge on any atom is -0.321 e. The zero-order valence-corrected chi connectivity index (χ0v) is 15.8. The van der Waals surface area contributed by atoms with Crippen LogP contribution in [0.4, 0.5) is 5.69 Å². The number of amides is 1. The maximum absolute atomic E-state index is 12.9. The van der Waals surface area contributed by atoms with E-state index in [9.17, 15) is 13.2 Å². The van der Waals surface area contributed by atoms with Crippen LogP contribution < -0.4 is 5.32 Å². The number of sulfonamides is 1. The van der Waals surface area contributed by atoms with Crippen LogP contribution in [0.2, 0.25) is 0 Å². The molecule has 0 bridgehead atoms. The van der Waals surface area contributed by atoms with Gasteiger partial charge in [-0.25, -0.2) is 8.42 Å². The van der Waals surface area contributed by atoms with Gasteiger partial charge in [0.15, 0.2) is 0 Å². The number of benzene rings is 1. The van der Waals surface area contributed by atoms with E-state index in [1.165, 1.54) is 10.4 Å². The van der Waals surface area contributed by atoms with E-state index in [1.54, 1.807) is 5.38 Å². The van der Waals surface area contributed by atoms with Gasteiger partial charge in [-0.15, -0.1) is 11.3 Å². The molecule has 25 heavy (non-hydrogen) atoms. The fourth-order valence-electron chi connectivity index (χ4n) is 3.04. The second kappa shape index (κ2) is 7.68. The number of anilines is 1. The molecule has 2 aromatic rings. The lowest BCUT2D eigenvalue weighted by molar-refractivity contribution is 0.102. The summed E-state index contributed by atoms with van der Waals surface area (Å²) >= 11 is 1.16. The van der Waals surface area contributed by atoms with Crippen LogP contribution in [0.15, 0.2) is 40.6 Å². The third kappa shape index (κ3) is 3.78. The van der Waals surface area contributed by atoms with Crippen LogP contribution >= 0.6 is 11.3 Å². The van der Waals surface area contributed by atoms with Crippen LogP contribution in [-0.2, 0) is 16.4 Å². The Labute approximate surface area is 152 Å². The summed E-state index contributed by atoms with van der Waals surface area (Å²) < 4.78 is 27.3. The Bertz CT molecular complexity index is 853. The molecule has 0 radical (unpaired) electrons. The summed E-state index contributed by atoms with van der Waals surface area (Å²) in [7, 11) is -3.62. The van der Waals surface area contributed by atoms with Crippen LogP contribution in [0.5, 0.6) is 0 Å². The zero-order chi connectivity index (χ0) is 17.9. The molecule has 1 aromatic heterocycles. The predicted molar refractivity (Wildman–Crippen MR) is 101 cm³/mol. The van der Waals surface area contributed by atoms with E-state index in [1.807, 2.05) is 31.2 Å². The van der Waals surface area contributed by atoms with Gasteiger partial charge in [-0.1, -0.05) is 31.5 Å². The van der Waals surface area contributed by atoms with Crippen molar-refractivity contribution in [3.8, 4) is 0 Å². The Morgan fingerprint density at radius 1 is 1.16 bits per heavy atom. The van der Waals surface area contributed by atoms with E-state index in [-0.39, 0.29) is 15.7 Å². The number of piperidine rings is 1. The van der Waals surface area contributed by atoms with Crippen molar-refractivity contribution in [3.05, 3.63) is 46.2 Å². The van der Waals surface area contributed by atoms with Gasteiger partial charge in [-0.2, -0.15) is 4.31 Å². The largest absolute Gasteiger partial charge is 0.321 e. The number of carbonyl (C=O) groups is 1. The van der Waals surface area contributed by atoms with E-state index >= 15 is 0 Å². The van der Waals surface area contributed by atoms with Crippen LogP contribution in [0.1, 0.15) is 41.4 Å². The van der Waals surface area contributed by atoms with Crippen molar-refractivity contribution in [3.63, 3.8) is 0 Å². The summed E-state index contributed by atoms with van der Waals surface area (Å²) in [5, 5.41) is 4.53. The van der Waals surface area contributed by atoms with Crippen LogP contribution in [-0.4, -0.2) is 31.7 Å². The summed E-state index contributed by atoms with van der Waals surface area (Å²) in [6.45, 7) is 3.07. The molecule has 0 atom stereocenters. The number of thiophene rings is 1. The number of nitrogens with zero attached hydrogens (tertiary/aromatic N) is 1. The highest BCUT2D eigenvalue weighted by atomic mass is 32.2. The third-order valence-electron chi connectivity index (χ3n) is 4.41. The van der Waals surface area contributed by atoms with E-state index in [2.05, 4.69) is 5.32 Å². The van der Waals surface area contributed by atoms with Gasteiger partial charge in [-0.3, -0.25) is 4.79 Å². The third-order valence-corrected chi connectivity index (χ3v) is 7.40. The summed E-state index contributed by atoms with van der Waals surface area (Å²) in [6, 6.07) is 9.11. The molecule has 134 valence electrons. The lowest BCUT2D eigenvalue weighted by Gasteiger charge is -2.25. The monoisotopic (exact) mass is 378 g/mol. The molecule has 1 aliphatic heterocycles. The highest BCUT2D eigenvalue weighted by Gasteiger charge is 2.31. The van der Waals surface area contributed by atoms with Gasteiger partial charge >= 0.3 is 0 Å². The van der Waals surface area contributed by atoms with Gasteiger partial charge in [0.05, 0.1) is 0 Å². The molecule has 0 aliphatic carbocycles. The molecular weight excluding hydrogens is 356 g/mol. The molecular formula is C18H22N2O3S2. The summed E-state index contributed by atoms with van der Waals surface area (Å²) in [6.07, 6.45) is 3.58. The second-order valence-electron chi connectivity index (χ2n) is 6.04. The normalized spacial score (nSPS) is 15.9. The minimum absolute atomic E-state index is 0.117. The number of carbonyl (C=O) groups excluding carboxylic acids is 1. The first-order valence-electron chi connectivity index (χ1n) is 8.51. The highest BCUT2D eigenvalue weighted by Crippen LogP contribution is 2.28. The van der Waals surface area contributed by atoms with Gasteiger partial charge in [0.25, 0.3) is 5.91 Å². The Kier molecular flexibility index (Phi) is 5.56. The molecule has 1 amide bonds. The Balaban J connectivity index is 1.87. The fraction of sp³-hybridized carbons (Fsp3) is 0.389. The number of aryl methyl sites for hydroxylation is 1. The van der Waals surface area contributed by atoms with Crippen molar-refractivity contribution in [2.75, 3.05) is 18.4 Å². The van der Waals surface area contributed by atoms with Crippen LogP contribution in [0, 0.1) is 0 Å². The number of hydrogen-bond acceptors (Lipinski definition) is 4. The molecule has 3 rings (SSSR count). The van der Waals surface area contributed by atoms with Crippen LogP contribution in [0.3, 0.4) is 0 Å². The topological polar surface area (TPSA) is 66.5 Å². The van der Waals surface area contributed by atoms with Gasteiger partial charge in [0.1, 0.15) is 9.77 Å². The zero-order valence-electron chi connectivity index (χ0n) is 14.2. The Hall–Kier alpha value is -1.70. The second-order valence-corrected chi connectivity index (χ2v) is 8.87. The molecule has 0 spiro atoms. The van der Waals surface area contributed by atoms with E-state index < -0.39 is 10.0 Å². The van der Waals surface area contributed by atoms with E-state index in [0.29, 0.717) is 13.1 Å². The van der Waals surface area contributed by atoms with Crippen molar-refractivity contribution in [2.24, 2.45) is 0 Å². The maximum Gasteiger partial charge on any atom is 0.267 e. The number of rotatable bonds is 5. The first-order valence-corrected chi connectivity index (χ1v) is 10.8. The molecule has 0 saturated carbocycles. The number of nitrogens with one attached hydrogen (secondary N) is 1. The lowest BCUT2D eigenvalue weighted by atomic mass is 10.1. The minimum atomic E-state index is -3.62. The first-order chi connectivity index (χ1) is 12.0. The molecule has 1 aliphatic rings. The predicted octanol–water partition coefficient (Wildman–Crippen LogP) is 3.74. The SMILES string of the molecule is CCc1ccccc1NC(=O)c1sccc1S(=O)(=O)N1CCCCC1. The molecule has 7 heteroatoms. The average Bonchev–Trinajstić information content (AvgIpc) is 3.14. The van der Waals surface area contributed by atoms with Gasteiger partial charge in [0.2, 0.25) is 10.0 Å². The molecule has 1 aromatic carbocycles. The van der Waals surface area contributed by atoms with Crippen molar-refractivity contribution >= 4 is 33.0 Å². The molecule has 1 N–H and O–H groups in total. The lowest BCUT2D eigenvalue weighted by Crippen LogP contribution is -2.36. The molecule has 1 fully saturated rings. The van der Waals surface area contributed by atoms with E-state index in [4.69, 9.17) is 0 Å². The first kappa shape index (κ1) is 18.1. The van der Waals surface area contributed by atoms with E-state index in [0.717, 1.165) is 48.3 Å².